The Kier molecular flexibility index (Phi) is 4.58. The molecule has 1 N–H and O–H groups in total. The number of carbonyl (C=O) groups is 2. The minimum Gasteiger partial charge on any atom is -0.322 e. The van der Waals surface area contributed by atoms with Gasteiger partial charge in [0.25, 0.3) is 5.56 Å². The predicted octanol–water partition coefficient (Wildman–Crippen LogP) is 1.40. The molecule has 0 bridgehead atoms. The van der Waals surface area contributed by atoms with E-state index in [0.717, 1.165) is 10.2 Å². The molecule has 25 heavy (non-hydrogen) atoms. The molecule has 0 atom stereocenters. The van der Waals surface area contributed by atoms with Crippen molar-refractivity contribution in [2.75, 3.05) is 23.0 Å². The Hall–Kier alpha value is -2.68. The standard InChI is InChI=1S/C16H15FN4O3S/c1-9-3-4-11(10(17)5-9)19-13(22)7-21-16(24)15-12(6-18-21)25-8-14(23)20(15)2/h3-6H,7-8H2,1-2H3,(H,19,22). The van der Waals surface area contributed by atoms with Gasteiger partial charge >= 0.3 is 0 Å². The third-order valence-corrected chi connectivity index (χ3v) is 4.74. The Bertz CT molecular complexity index is 928. The number of nitrogens with one attached hydrogen (secondary N) is 1. The zero-order chi connectivity index (χ0) is 18.1. The number of amides is 2. The van der Waals surface area contributed by atoms with E-state index in [0.29, 0.717) is 4.90 Å². The highest BCUT2D eigenvalue weighted by Crippen LogP contribution is 2.30. The van der Waals surface area contributed by atoms with Crippen LogP contribution in [-0.4, -0.2) is 34.4 Å². The summed E-state index contributed by atoms with van der Waals surface area (Å²) < 4.78 is 14.8. The van der Waals surface area contributed by atoms with Gasteiger partial charge in [0.2, 0.25) is 11.8 Å². The van der Waals surface area contributed by atoms with Crippen molar-refractivity contribution in [2.45, 2.75) is 18.4 Å². The van der Waals surface area contributed by atoms with E-state index in [2.05, 4.69) is 10.4 Å². The van der Waals surface area contributed by atoms with Crippen LogP contribution in [0.15, 0.2) is 34.1 Å². The smallest absolute Gasteiger partial charge is 0.292 e. The maximum absolute atomic E-state index is 13.8. The summed E-state index contributed by atoms with van der Waals surface area (Å²) in [6.45, 7) is 1.35. The molecule has 1 aromatic heterocycles. The number of nitrogens with zero attached hydrogens (tertiary/aromatic N) is 3. The van der Waals surface area contributed by atoms with Crippen LogP contribution in [0.4, 0.5) is 15.8 Å². The predicted molar refractivity (Wildman–Crippen MR) is 92.4 cm³/mol. The number of hydrogen-bond acceptors (Lipinski definition) is 5. The quantitative estimate of drug-likeness (QED) is 0.892. The van der Waals surface area contributed by atoms with Crippen molar-refractivity contribution in [3.63, 3.8) is 0 Å². The number of anilines is 2. The van der Waals surface area contributed by atoms with Crippen LogP contribution >= 0.6 is 11.8 Å². The van der Waals surface area contributed by atoms with E-state index >= 15 is 0 Å². The third kappa shape index (κ3) is 3.41. The Morgan fingerprint density at radius 3 is 2.88 bits per heavy atom. The molecule has 2 amide bonds. The maximum atomic E-state index is 13.8. The second-order valence-corrected chi connectivity index (χ2v) is 6.61. The van der Waals surface area contributed by atoms with Crippen LogP contribution in [-0.2, 0) is 16.1 Å². The van der Waals surface area contributed by atoms with Gasteiger partial charge in [0.15, 0.2) is 0 Å². The second-order valence-electron chi connectivity index (χ2n) is 5.59. The van der Waals surface area contributed by atoms with Gasteiger partial charge in [0, 0.05) is 7.05 Å². The Balaban J connectivity index is 1.82. The van der Waals surface area contributed by atoms with E-state index < -0.39 is 17.3 Å². The van der Waals surface area contributed by atoms with E-state index in [1.165, 1.54) is 42.0 Å². The number of thioether (sulfide) groups is 1. The largest absolute Gasteiger partial charge is 0.322 e. The number of aryl methyl sites for hydroxylation is 1. The van der Waals surface area contributed by atoms with Crippen LogP contribution in [0.3, 0.4) is 0 Å². The lowest BCUT2D eigenvalue weighted by Gasteiger charge is -2.24. The van der Waals surface area contributed by atoms with Gasteiger partial charge in [-0.25, -0.2) is 9.07 Å². The van der Waals surface area contributed by atoms with Gasteiger partial charge in [-0.2, -0.15) is 5.10 Å². The topological polar surface area (TPSA) is 84.3 Å². The van der Waals surface area contributed by atoms with Crippen molar-refractivity contribution in [1.82, 2.24) is 9.78 Å². The average Bonchev–Trinajstić information content (AvgIpc) is 2.56. The summed E-state index contributed by atoms with van der Waals surface area (Å²) in [5.74, 6) is -1.10. The highest BCUT2D eigenvalue weighted by Gasteiger charge is 2.26. The molecule has 3 rings (SSSR count). The molecule has 0 saturated carbocycles. The van der Waals surface area contributed by atoms with Gasteiger partial charge in [-0.15, -0.1) is 11.8 Å². The summed E-state index contributed by atoms with van der Waals surface area (Å²) in [5, 5.41) is 6.37. The summed E-state index contributed by atoms with van der Waals surface area (Å²) in [7, 11) is 1.51. The van der Waals surface area contributed by atoms with Gasteiger partial charge in [-0.05, 0) is 24.6 Å². The molecule has 0 fully saturated rings. The lowest BCUT2D eigenvalue weighted by atomic mass is 10.2. The monoisotopic (exact) mass is 362 g/mol. The molecule has 130 valence electrons. The van der Waals surface area contributed by atoms with Crippen molar-refractivity contribution in [3.05, 3.63) is 46.1 Å². The van der Waals surface area contributed by atoms with Gasteiger partial charge in [-0.3, -0.25) is 14.4 Å². The summed E-state index contributed by atoms with van der Waals surface area (Å²) in [5.41, 5.74) is 0.420. The van der Waals surface area contributed by atoms with E-state index in [9.17, 15) is 18.8 Å². The highest BCUT2D eigenvalue weighted by molar-refractivity contribution is 8.00. The van der Waals surface area contributed by atoms with Crippen molar-refractivity contribution in [2.24, 2.45) is 0 Å². The highest BCUT2D eigenvalue weighted by atomic mass is 32.2. The Morgan fingerprint density at radius 2 is 2.16 bits per heavy atom. The van der Waals surface area contributed by atoms with E-state index in [4.69, 9.17) is 0 Å². The maximum Gasteiger partial charge on any atom is 0.292 e. The minimum atomic E-state index is -0.588. The number of aromatic nitrogens is 2. The molecule has 2 aromatic rings. The fourth-order valence-corrected chi connectivity index (χ4v) is 3.35. The molecular formula is C16H15FN4O3S. The number of hydrogen-bond donors (Lipinski definition) is 1. The molecule has 9 heteroatoms. The van der Waals surface area contributed by atoms with Crippen molar-refractivity contribution in [1.29, 1.82) is 0 Å². The zero-order valence-electron chi connectivity index (χ0n) is 13.6. The normalized spacial score (nSPS) is 13.6. The van der Waals surface area contributed by atoms with E-state index in [1.54, 1.807) is 13.0 Å². The lowest BCUT2D eigenvalue weighted by Crippen LogP contribution is -2.40. The first-order valence-corrected chi connectivity index (χ1v) is 8.41. The first-order chi connectivity index (χ1) is 11.9. The molecule has 0 saturated heterocycles. The Morgan fingerprint density at radius 1 is 1.40 bits per heavy atom. The van der Waals surface area contributed by atoms with Crippen LogP contribution in [0.25, 0.3) is 0 Å². The number of fused-ring (bicyclic) bond motifs is 1. The number of rotatable bonds is 3. The number of benzene rings is 1. The fourth-order valence-electron chi connectivity index (χ4n) is 2.40. The SMILES string of the molecule is Cc1ccc(NC(=O)Cn2ncc3c(c2=O)N(C)C(=O)CS3)c(F)c1. The minimum absolute atomic E-state index is 0.0319. The summed E-state index contributed by atoms with van der Waals surface area (Å²) >= 11 is 1.23. The number of carbonyl (C=O) groups excluding carboxylic acids is 2. The zero-order valence-corrected chi connectivity index (χ0v) is 14.4. The molecule has 0 aliphatic carbocycles. The Labute approximate surface area is 146 Å². The molecule has 0 spiro atoms. The van der Waals surface area contributed by atoms with Crippen LogP contribution < -0.4 is 15.8 Å². The van der Waals surface area contributed by atoms with Gasteiger partial charge in [0.1, 0.15) is 18.0 Å². The number of halogens is 1. The second kappa shape index (κ2) is 6.67. The molecule has 1 aliphatic rings. The van der Waals surface area contributed by atoms with Crippen LogP contribution in [0, 0.1) is 12.7 Å². The lowest BCUT2D eigenvalue weighted by molar-refractivity contribution is -0.117. The molecule has 1 aromatic carbocycles. The third-order valence-electron chi connectivity index (χ3n) is 3.74. The summed E-state index contributed by atoms with van der Waals surface area (Å²) in [6, 6.07) is 4.42. The van der Waals surface area contributed by atoms with Crippen LogP contribution in [0.2, 0.25) is 0 Å². The fraction of sp³-hybridized carbons (Fsp3) is 0.250. The van der Waals surface area contributed by atoms with Crippen LogP contribution in [0.1, 0.15) is 5.56 Å². The van der Waals surface area contributed by atoms with Gasteiger partial charge in [0.05, 0.1) is 22.5 Å². The van der Waals surface area contributed by atoms with Crippen molar-refractivity contribution < 1.29 is 14.0 Å². The molecule has 7 nitrogen and oxygen atoms in total. The molecule has 1 aliphatic heterocycles. The van der Waals surface area contributed by atoms with Crippen molar-refractivity contribution in [3.8, 4) is 0 Å². The molecule has 0 unspecified atom stereocenters. The van der Waals surface area contributed by atoms with Gasteiger partial charge in [-0.1, -0.05) is 6.07 Å². The molecule has 2 heterocycles. The van der Waals surface area contributed by atoms with E-state index in [1.807, 2.05) is 0 Å². The summed E-state index contributed by atoms with van der Waals surface area (Å²) in [6.07, 6.45) is 1.45. The molecule has 0 radical (unpaired) electrons. The first kappa shape index (κ1) is 17.2. The summed E-state index contributed by atoms with van der Waals surface area (Å²) in [4.78, 5) is 38.3. The van der Waals surface area contributed by atoms with E-state index in [-0.39, 0.29) is 29.6 Å². The van der Waals surface area contributed by atoms with Crippen molar-refractivity contribution >= 4 is 35.0 Å². The average molecular weight is 362 g/mol. The molecular weight excluding hydrogens is 347 g/mol. The van der Waals surface area contributed by atoms with Gasteiger partial charge < -0.3 is 10.2 Å². The van der Waals surface area contributed by atoms with Crippen LogP contribution in [0.5, 0.6) is 0 Å². The first-order valence-electron chi connectivity index (χ1n) is 7.42.